The molecule has 0 radical (unpaired) electrons. The minimum absolute atomic E-state index is 0.395. The molecule has 78 valence electrons. The number of alkyl halides is 1. The zero-order chi connectivity index (χ0) is 10.7. The first-order valence-corrected chi connectivity index (χ1v) is 5.31. The summed E-state index contributed by atoms with van der Waals surface area (Å²) >= 11 is 5.74. The summed E-state index contributed by atoms with van der Waals surface area (Å²) in [4.78, 5) is 4.07. The maximum absolute atomic E-state index is 5.74. The van der Waals surface area contributed by atoms with Crippen molar-refractivity contribution < 1.29 is 0 Å². The van der Waals surface area contributed by atoms with Crippen LogP contribution in [-0.4, -0.2) is 14.8 Å². The Bertz CT molecular complexity index is 433. The van der Waals surface area contributed by atoms with Gasteiger partial charge in [0.1, 0.15) is 12.2 Å². The van der Waals surface area contributed by atoms with Crippen LogP contribution in [0.2, 0.25) is 0 Å². The van der Waals surface area contributed by atoms with E-state index in [0.29, 0.717) is 5.88 Å². The number of aromatic nitrogens is 3. The summed E-state index contributed by atoms with van der Waals surface area (Å²) in [6, 6.07) is 8.36. The normalized spacial score (nSPS) is 10.5. The molecule has 0 aliphatic rings. The first-order valence-electron chi connectivity index (χ1n) is 4.78. The van der Waals surface area contributed by atoms with E-state index in [1.54, 1.807) is 0 Å². The Hall–Kier alpha value is -1.35. The summed E-state index contributed by atoms with van der Waals surface area (Å²) in [5.41, 5.74) is 2.47. The topological polar surface area (TPSA) is 30.7 Å². The molecule has 0 amide bonds. The minimum Gasteiger partial charge on any atom is -0.244 e. The van der Waals surface area contributed by atoms with Crippen molar-refractivity contribution in [3.05, 3.63) is 47.5 Å². The second-order valence-corrected chi connectivity index (χ2v) is 3.72. The van der Waals surface area contributed by atoms with Gasteiger partial charge in [-0.15, -0.1) is 11.6 Å². The maximum Gasteiger partial charge on any atom is 0.142 e. The predicted octanol–water partition coefficient (Wildman–Crippen LogP) is 2.37. The van der Waals surface area contributed by atoms with Gasteiger partial charge in [-0.3, -0.25) is 0 Å². The molecule has 0 N–H and O–H groups in total. The van der Waals surface area contributed by atoms with Crippen LogP contribution in [0, 0.1) is 6.92 Å². The Labute approximate surface area is 93.7 Å². The zero-order valence-corrected chi connectivity index (χ0v) is 9.28. The van der Waals surface area contributed by atoms with Crippen LogP contribution in [0.5, 0.6) is 0 Å². The van der Waals surface area contributed by atoms with E-state index >= 15 is 0 Å². The summed E-state index contributed by atoms with van der Waals surface area (Å²) in [6.45, 7) is 2.80. The molecule has 0 fully saturated rings. The van der Waals surface area contributed by atoms with Gasteiger partial charge in [-0.25, -0.2) is 9.67 Å². The van der Waals surface area contributed by atoms with Crippen LogP contribution in [-0.2, 0) is 12.4 Å². The van der Waals surface area contributed by atoms with E-state index in [9.17, 15) is 0 Å². The van der Waals surface area contributed by atoms with Gasteiger partial charge in [-0.1, -0.05) is 29.8 Å². The summed E-state index contributed by atoms with van der Waals surface area (Å²) in [6.07, 6.45) is 1.53. The van der Waals surface area contributed by atoms with E-state index in [1.165, 1.54) is 17.5 Å². The number of hydrogen-bond acceptors (Lipinski definition) is 2. The summed E-state index contributed by atoms with van der Waals surface area (Å²) in [5, 5.41) is 4.13. The molecule has 0 aliphatic heterocycles. The van der Waals surface area contributed by atoms with Crippen molar-refractivity contribution >= 4 is 11.6 Å². The molecular formula is C11H12ClN3. The lowest BCUT2D eigenvalue weighted by molar-refractivity contribution is 0.656. The second kappa shape index (κ2) is 4.45. The Morgan fingerprint density at radius 2 is 2.00 bits per heavy atom. The highest BCUT2D eigenvalue weighted by molar-refractivity contribution is 6.16. The SMILES string of the molecule is Cc1ccc(Cn2ncnc2CCl)cc1. The van der Waals surface area contributed by atoms with E-state index in [2.05, 4.69) is 41.3 Å². The third-order valence-electron chi connectivity index (χ3n) is 2.27. The van der Waals surface area contributed by atoms with Gasteiger partial charge < -0.3 is 0 Å². The van der Waals surface area contributed by atoms with Gasteiger partial charge in [-0.05, 0) is 12.5 Å². The van der Waals surface area contributed by atoms with Crippen LogP contribution in [0.1, 0.15) is 17.0 Å². The summed E-state index contributed by atoms with van der Waals surface area (Å²) < 4.78 is 1.82. The van der Waals surface area contributed by atoms with Crippen LogP contribution >= 0.6 is 11.6 Å². The van der Waals surface area contributed by atoms with Gasteiger partial charge >= 0.3 is 0 Å². The average Bonchev–Trinajstić information content (AvgIpc) is 2.69. The lowest BCUT2D eigenvalue weighted by Gasteiger charge is -2.04. The molecule has 4 heteroatoms. The van der Waals surface area contributed by atoms with Crippen molar-refractivity contribution in [2.45, 2.75) is 19.3 Å². The molecule has 0 bridgehead atoms. The Kier molecular flexibility index (Phi) is 3.02. The third-order valence-corrected chi connectivity index (χ3v) is 2.51. The van der Waals surface area contributed by atoms with Crippen LogP contribution in [0.25, 0.3) is 0 Å². The van der Waals surface area contributed by atoms with E-state index < -0.39 is 0 Å². The fourth-order valence-corrected chi connectivity index (χ4v) is 1.60. The first kappa shape index (κ1) is 10.2. The molecule has 0 atom stereocenters. The molecule has 2 aromatic rings. The van der Waals surface area contributed by atoms with E-state index in [1.807, 2.05) is 4.68 Å². The lowest BCUT2D eigenvalue weighted by Crippen LogP contribution is -2.05. The monoisotopic (exact) mass is 221 g/mol. The van der Waals surface area contributed by atoms with Gasteiger partial charge in [0.15, 0.2) is 0 Å². The maximum atomic E-state index is 5.74. The Morgan fingerprint density at radius 3 is 2.67 bits per heavy atom. The average molecular weight is 222 g/mol. The van der Waals surface area contributed by atoms with Crippen molar-refractivity contribution in [1.82, 2.24) is 14.8 Å². The Morgan fingerprint density at radius 1 is 1.27 bits per heavy atom. The molecule has 0 spiro atoms. The number of hydrogen-bond donors (Lipinski definition) is 0. The molecule has 3 nitrogen and oxygen atoms in total. The van der Waals surface area contributed by atoms with Crippen molar-refractivity contribution in [1.29, 1.82) is 0 Å². The molecule has 1 aromatic heterocycles. The van der Waals surface area contributed by atoms with Gasteiger partial charge in [0.2, 0.25) is 0 Å². The first-order chi connectivity index (χ1) is 7.29. The Balaban J connectivity index is 2.18. The van der Waals surface area contributed by atoms with Gasteiger partial charge in [0.05, 0.1) is 12.4 Å². The van der Waals surface area contributed by atoms with E-state index in [-0.39, 0.29) is 0 Å². The highest BCUT2D eigenvalue weighted by Crippen LogP contribution is 2.07. The van der Waals surface area contributed by atoms with E-state index in [4.69, 9.17) is 11.6 Å². The van der Waals surface area contributed by atoms with Crippen molar-refractivity contribution in [3.63, 3.8) is 0 Å². The number of rotatable bonds is 3. The molecule has 1 aromatic carbocycles. The van der Waals surface area contributed by atoms with Crippen LogP contribution in [0.15, 0.2) is 30.6 Å². The molecule has 0 aliphatic carbocycles. The van der Waals surface area contributed by atoms with Crippen molar-refractivity contribution in [2.24, 2.45) is 0 Å². The highest BCUT2D eigenvalue weighted by Gasteiger charge is 2.02. The third kappa shape index (κ3) is 2.36. The quantitative estimate of drug-likeness (QED) is 0.746. The molecule has 1 heterocycles. The minimum atomic E-state index is 0.395. The van der Waals surface area contributed by atoms with Crippen LogP contribution in [0.3, 0.4) is 0 Å². The molecule has 2 rings (SSSR count). The molecule has 0 saturated heterocycles. The number of halogens is 1. The largest absolute Gasteiger partial charge is 0.244 e. The van der Waals surface area contributed by atoms with Crippen molar-refractivity contribution in [3.8, 4) is 0 Å². The second-order valence-electron chi connectivity index (χ2n) is 3.45. The number of nitrogens with zero attached hydrogens (tertiary/aromatic N) is 3. The molecule has 0 saturated carbocycles. The fraction of sp³-hybridized carbons (Fsp3) is 0.273. The number of aryl methyl sites for hydroxylation is 1. The van der Waals surface area contributed by atoms with Gasteiger partial charge in [0.25, 0.3) is 0 Å². The molecule has 15 heavy (non-hydrogen) atoms. The number of benzene rings is 1. The molecule has 0 unspecified atom stereocenters. The lowest BCUT2D eigenvalue weighted by atomic mass is 10.1. The zero-order valence-electron chi connectivity index (χ0n) is 8.52. The van der Waals surface area contributed by atoms with E-state index in [0.717, 1.165) is 12.4 Å². The standard InChI is InChI=1S/C11H12ClN3/c1-9-2-4-10(5-3-9)7-15-11(6-12)13-8-14-15/h2-5,8H,6-7H2,1H3. The summed E-state index contributed by atoms with van der Waals surface area (Å²) in [7, 11) is 0. The van der Waals surface area contributed by atoms with Crippen LogP contribution < -0.4 is 0 Å². The fourth-order valence-electron chi connectivity index (χ4n) is 1.39. The van der Waals surface area contributed by atoms with Gasteiger partial charge in [0, 0.05) is 0 Å². The van der Waals surface area contributed by atoms with Crippen molar-refractivity contribution in [2.75, 3.05) is 0 Å². The molecular weight excluding hydrogens is 210 g/mol. The smallest absolute Gasteiger partial charge is 0.142 e. The highest BCUT2D eigenvalue weighted by atomic mass is 35.5. The van der Waals surface area contributed by atoms with Gasteiger partial charge in [-0.2, -0.15) is 5.10 Å². The summed E-state index contributed by atoms with van der Waals surface area (Å²) in [5.74, 6) is 1.20. The van der Waals surface area contributed by atoms with Crippen LogP contribution in [0.4, 0.5) is 0 Å². The predicted molar refractivity (Wildman–Crippen MR) is 59.9 cm³/mol.